The van der Waals surface area contributed by atoms with Gasteiger partial charge in [-0.25, -0.2) is 9.59 Å². The molecule has 3 rings (SSSR count). The van der Waals surface area contributed by atoms with Crippen molar-refractivity contribution in [3.63, 3.8) is 0 Å². The van der Waals surface area contributed by atoms with Crippen molar-refractivity contribution in [3.8, 4) is 0 Å². The molecule has 8 heteroatoms. The maximum atomic E-state index is 12.4. The Morgan fingerprint density at radius 3 is 2.75 bits per heavy atom. The summed E-state index contributed by atoms with van der Waals surface area (Å²) < 4.78 is 10.5. The van der Waals surface area contributed by atoms with Gasteiger partial charge in [-0.1, -0.05) is 11.7 Å². The van der Waals surface area contributed by atoms with Crippen molar-refractivity contribution in [1.82, 2.24) is 15.0 Å². The summed E-state index contributed by atoms with van der Waals surface area (Å²) in [6.07, 6.45) is 2.41. The second kappa shape index (κ2) is 5.32. The van der Waals surface area contributed by atoms with Crippen LogP contribution in [0.5, 0.6) is 0 Å². The van der Waals surface area contributed by atoms with Gasteiger partial charge in [-0.15, -0.1) is 0 Å². The standard InChI is InChI=1S/C16H21N3O5/c1-5-11-17-12(24-18-11)8-16-6-9(13(20)21)19(10(16)7-16)14(22)23-15(2,3)4/h5,9-10H,1,6-8H2,2-4H3,(H,20,21). The topological polar surface area (TPSA) is 106 Å². The van der Waals surface area contributed by atoms with Gasteiger partial charge in [-0.05, 0) is 39.7 Å². The van der Waals surface area contributed by atoms with Gasteiger partial charge in [-0.3, -0.25) is 4.90 Å². The van der Waals surface area contributed by atoms with Crippen LogP contribution in [0.4, 0.5) is 4.79 Å². The van der Waals surface area contributed by atoms with Crippen LogP contribution in [-0.2, 0) is 16.0 Å². The molecule has 0 radical (unpaired) electrons. The molecule has 1 saturated heterocycles. The highest BCUT2D eigenvalue weighted by Crippen LogP contribution is 2.61. The SMILES string of the molecule is C=Cc1noc(CC23CC(C(=O)O)N(C(=O)OC(C)(C)C)C2C3)n1. The van der Waals surface area contributed by atoms with E-state index in [1.807, 2.05) is 0 Å². The number of rotatable bonds is 4. The van der Waals surface area contributed by atoms with E-state index in [2.05, 4.69) is 16.7 Å². The fourth-order valence-electron chi connectivity index (χ4n) is 3.40. The van der Waals surface area contributed by atoms with Crippen LogP contribution in [-0.4, -0.2) is 49.9 Å². The zero-order chi connectivity index (χ0) is 17.7. The van der Waals surface area contributed by atoms with E-state index in [1.165, 1.54) is 11.0 Å². The molecule has 1 aromatic heterocycles. The van der Waals surface area contributed by atoms with Crippen molar-refractivity contribution in [3.05, 3.63) is 18.3 Å². The van der Waals surface area contributed by atoms with Crippen LogP contribution in [0.3, 0.4) is 0 Å². The lowest BCUT2D eigenvalue weighted by atomic mass is 9.96. The van der Waals surface area contributed by atoms with Crippen molar-refractivity contribution in [1.29, 1.82) is 0 Å². The Labute approximate surface area is 139 Å². The molecule has 1 saturated carbocycles. The van der Waals surface area contributed by atoms with Gasteiger partial charge in [0.1, 0.15) is 11.6 Å². The lowest BCUT2D eigenvalue weighted by molar-refractivity contribution is -0.142. The van der Waals surface area contributed by atoms with Crippen molar-refractivity contribution in [2.45, 2.75) is 57.7 Å². The minimum Gasteiger partial charge on any atom is -0.480 e. The molecule has 2 fully saturated rings. The number of carbonyl (C=O) groups excluding carboxylic acids is 1. The van der Waals surface area contributed by atoms with Gasteiger partial charge in [0.2, 0.25) is 5.89 Å². The molecule has 3 unspecified atom stereocenters. The number of aliphatic carboxylic acids is 1. The molecule has 2 heterocycles. The second-order valence-electron chi connectivity index (χ2n) is 7.46. The molecule has 130 valence electrons. The highest BCUT2D eigenvalue weighted by molar-refractivity contribution is 5.82. The number of aromatic nitrogens is 2. The van der Waals surface area contributed by atoms with Crippen molar-refractivity contribution < 1.29 is 24.0 Å². The van der Waals surface area contributed by atoms with Gasteiger partial charge in [0.15, 0.2) is 5.82 Å². The van der Waals surface area contributed by atoms with Crippen LogP contribution in [0, 0.1) is 5.41 Å². The Kier molecular flexibility index (Phi) is 3.65. The van der Waals surface area contributed by atoms with E-state index in [1.54, 1.807) is 20.8 Å². The lowest BCUT2D eigenvalue weighted by Gasteiger charge is -2.28. The molecule has 3 atom stereocenters. The zero-order valence-electron chi connectivity index (χ0n) is 14.0. The molecular formula is C16H21N3O5. The van der Waals surface area contributed by atoms with Gasteiger partial charge < -0.3 is 14.4 Å². The van der Waals surface area contributed by atoms with Crippen LogP contribution in [0.25, 0.3) is 6.08 Å². The lowest BCUT2D eigenvalue weighted by Crippen LogP contribution is -2.45. The third-order valence-electron chi connectivity index (χ3n) is 4.48. The van der Waals surface area contributed by atoms with Crippen molar-refractivity contribution in [2.75, 3.05) is 0 Å². The summed E-state index contributed by atoms with van der Waals surface area (Å²) in [4.78, 5) is 29.6. The Morgan fingerprint density at radius 2 is 2.21 bits per heavy atom. The van der Waals surface area contributed by atoms with Crippen LogP contribution < -0.4 is 0 Å². The Hall–Kier alpha value is -2.38. The van der Waals surface area contributed by atoms with E-state index in [-0.39, 0.29) is 11.5 Å². The molecule has 8 nitrogen and oxygen atoms in total. The largest absolute Gasteiger partial charge is 0.480 e. The van der Waals surface area contributed by atoms with Gasteiger partial charge in [0.05, 0.1) is 0 Å². The van der Waals surface area contributed by atoms with Gasteiger partial charge >= 0.3 is 12.1 Å². The quantitative estimate of drug-likeness (QED) is 0.898. The van der Waals surface area contributed by atoms with Crippen molar-refractivity contribution in [2.24, 2.45) is 5.41 Å². The van der Waals surface area contributed by atoms with E-state index in [4.69, 9.17) is 9.26 Å². The Balaban J connectivity index is 1.78. The highest BCUT2D eigenvalue weighted by Gasteiger charge is 2.68. The third kappa shape index (κ3) is 2.88. The van der Waals surface area contributed by atoms with E-state index in [0.717, 1.165) is 0 Å². The number of hydrogen-bond acceptors (Lipinski definition) is 6. The maximum Gasteiger partial charge on any atom is 0.411 e. The monoisotopic (exact) mass is 335 g/mol. The average molecular weight is 335 g/mol. The summed E-state index contributed by atoms with van der Waals surface area (Å²) in [5.41, 5.74) is -1.00. The van der Waals surface area contributed by atoms with Crippen LogP contribution in [0.15, 0.2) is 11.1 Å². The molecule has 1 aromatic rings. The summed E-state index contributed by atoms with van der Waals surface area (Å²) in [6.45, 7) is 8.84. The minimum atomic E-state index is -1.02. The maximum absolute atomic E-state index is 12.4. The molecular weight excluding hydrogens is 314 g/mol. The number of carbonyl (C=O) groups is 2. The summed E-state index contributed by atoms with van der Waals surface area (Å²) >= 11 is 0. The van der Waals surface area contributed by atoms with Gasteiger partial charge in [-0.2, -0.15) is 4.98 Å². The first-order valence-electron chi connectivity index (χ1n) is 7.84. The first kappa shape index (κ1) is 16.5. The summed E-state index contributed by atoms with van der Waals surface area (Å²) in [5, 5.41) is 13.2. The van der Waals surface area contributed by atoms with Gasteiger partial charge in [0, 0.05) is 17.9 Å². The highest BCUT2D eigenvalue weighted by atomic mass is 16.6. The number of fused-ring (bicyclic) bond motifs is 1. The molecule has 24 heavy (non-hydrogen) atoms. The number of carboxylic acid groups (broad SMARTS) is 1. The number of likely N-dealkylation sites (tertiary alicyclic amines) is 1. The fraction of sp³-hybridized carbons (Fsp3) is 0.625. The van der Waals surface area contributed by atoms with Crippen LogP contribution in [0.2, 0.25) is 0 Å². The Bertz CT molecular complexity index is 692. The van der Waals surface area contributed by atoms with E-state index >= 15 is 0 Å². The number of ether oxygens (including phenoxy) is 1. The molecule has 0 spiro atoms. The Morgan fingerprint density at radius 1 is 1.50 bits per heavy atom. The fourth-order valence-corrected chi connectivity index (χ4v) is 3.40. The molecule has 2 aliphatic rings. The summed E-state index contributed by atoms with van der Waals surface area (Å²) in [7, 11) is 0. The van der Waals surface area contributed by atoms with Crippen LogP contribution in [0.1, 0.15) is 45.3 Å². The van der Waals surface area contributed by atoms with E-state index in [0.29, 0.717) is 31.0 Å². The number of carboxylic acids is 1. The average Bonchev–Trinajstić information content (AvgIpc) is 2.82. The normalized spacial score (nSPS) is 28.4. The van der Waals surface area contributed by atoms with E-state index in [9.17, 15) is 14.7 Å². The third-order valence-corrected chi connectivity index (χ3v) is 4.48. The summed E-state index contributed by atoms with van der Waals surface area (Å²) in [6, 6.07) is -1.06. The van der Waals surface area contributed by atoms with Gasteiger partial charge in [0.25, 0.3) is 0 Å². The van der Waals surface area contributed by atoms with Crippen molar-refractivity contribution >= 4 is 18.1 Å². The predicted molar refractivity (Wildman–Crippen MR) is 83.0 cm³/mol. The molecule has 0 bridgehead atoms. The molecule has 1 aliphatic carbocycles. The van der Waals surface area contributed by atoms with E-state index < -0.39 is 23.7 Å². The number of nitrogens with zero attached hydrogens (tertiary/aromatic N) is 3. The first-order chi connectivity index (χ1) is 11.1. The van der Waals surface area contributed by atoms with Crippen LogP contribution >= 0.6 is 0 Å². The summed E-state index contributed by atoms with van der Waals surface area (Å²) in [5.74, 6) is -0.192. The molecule has 0 aromatic carbocycles. The predicted octanol–water partition coefficient (Wildman–Crippen LogP) is 2.11. The number of hydrogen-bond donors (Lipinski definition) is 1. The minimum absolute atomic E-state index is 0.174. The molecule has 1 aliphatic heterocycles. The number of piperidine rings is 1. The molecule has 1 N–H and O–H groups in total. The number of amides is 1. The first-order valence-corrected chi connectivity index (χ1v) is 7.84. The smallest absolute Gasteiger partial charge is 0.411 e. The second-order valence-corrected chi connectivity index (χ2v) is 7.46. The zero-order valence-corrected chi connectivity index (χ0v) is 14.0. The molecule has 1 amide bonds.